The van der Waals surface area contributed by atoms with E-state index in [9.17, 15) is 18.7 Å². The minimum atomic E-state index is -4.22. The van der Waals surface area contributed by atoms with Crippen molar-refractivity contribution in [3.63, 3.8) is 0 Å². The summed E-state index contributed by atoms with van der Waals surface area (Å²) < 4.78 is 25.8. The Labute approximate surface area is 120 Å². The Morgan fingerprint density at radius 3 is 1.43 bits per heavy atom. The minimum Gasteiger partial charge on any atom is -0.341 e. The normalized spacial score (nSPS) is 12.0. The fourth-order valence-electron chi connectivity index (χ4n) is 0.985. The molecule has 0 saturated heterocycles. The van der Waals surface area contributed by atoms with E-state index in [1.807, 2.05) is 0 Å². The van der Waals surface area contributed by atoms with Gasteiger partial charge in [0.15, 0.2) is 0 Å². The highest BCUT2D eigenvalue weighted by Gasteiger charge is 2.16. The number of ether oxygens (including phenoxy) is 1. The van der Waals surface area contributed by atoms with Gasteiger partial charge < -0.3 is 34.9 Å². The maximum Gasteiger partial charge on any atom is 0.326 e. The summed E-state index contributed by atoms with van der Waals surface area (Å²) in [5.41, 5.74) is 0. The Morgan fingerprint density at radius 1 is 0.810 bits per heavy atom. The molecule has 0 aliphatic rings. The molecule has 2 amide bonds. The third kappa shape index (κ3) is 15.4. The van der Waals surface area contributed by atoms with Gasteiger partial charge in [-0.05, 0) is 0 Å². The van der Waals surface area contributed by atoms with Crippen LogP contribution in [0.5, 0.6) is 0 Å². The molecular formula is C8H18N2O9P2. The van der Waals surface area contributed by atoms with Crippen LogP contribution in [-0.4, -0.2) is 57.2 Å². The van der Waals surface area contributed by atoms with Crippen LogP contribution in [0.4, 0.5) is 0 Å². The smallest absolute Gasteiger partial charge is 0.326 e. The first-order chi connectivity index (χ1) is 9.49. The van der Waals surface area contributed by atoms with Gasteiger partial charge in [0.1, 0.15) is 13.5 Å². The minimum absolute atomic E-state index is 0.279. The van der Waals surface area contributed by atoms with Crippen LogP contribution in [0.3, 0.4) is 0 Å². The molecule has 0 unspecified atom stereocenters. The van der Waals surface area contributed by atoms with Gasteiger partial charge in [-0.25, -0.2) is 0 Å². The largest absolute Gasteiger partial charge is 0.341 e. The first-order valence-electron chi connectivity index (χ1n) is 5.70. The number of hydrogen-bond acceptors (Lipinski definition) is 5. The first-order valence-corrected chi connectivity index (χ1v) is 9.29. The first kappa shape index (κ1) is 20.2. The zero-order chi connectivity index (χ0) is 16.5. The average Bonchev–Trinajstić information content (AvgIpc) is 2.32. The van der Waals surface area contributed by atoms with Gasteiger partial charge in [0.25, 0.3) is 0 Å². The van der Waals surface area contributed by atoms with Crippen LogP contribution in [0.1, 0.15) is 12.8 Å². The summed E-state index contributed by atoms with van der Waals surface area (Å²) in [4.78, 5) is 56.3. The van der Waals surface area contributed by atoms with Gasteiger partial charge >= 0.3 is 15.2 Å². The van der Waals surface area contributed by atoms with Crippen molar-refractivity contribution < 1.29 is 43.0 Å². The quantitative estimate of drug-likeness (QED) is 0.152. The lowest BCUT2D eigenvalue weighted by atomic mass is 10.4. The van der Waals surface area contributed by atoms with Crippen molar-refractivity contribution in [3.05, 3.63) is 0 Å². The molecule has 21 heavy (non-hydrogen) atoms. The van der Waals surface area contributed by atoms with Crippen LogP contribution in [0.2, 0.25) is 0 Å². The van der Waals surface area contributed by atoms with E-state index in [2.05, 4.69) is 10.6 Å². The molecule has 0 aromatic heterocycles. The van der Waals surface area contributed by atoms with E-state index in [0.29, 0.717) is 0 Å². The molecule has 124 valence electrons. The molecule has 0 heterocycles. The number of carbonyl (C=O) groups is 2. The van der Waals surface area contributed by atoms with Gasteiger partial charge in [-0.3, -0.25) is 18.7 Å². The lowest BCUT2D eigenvalue weighted by molar-refractivity contribution is -0.123. The van der Waals surface area contributed by atoms with Gasteiger partial charge in [-0.2, -0.15) is 0 Å². The number of nitrogens with one attached hydrogen (secondary N) is 2. The lowest BCUT2D eigenvalue weighted by Gasteiger charge is -2.09. The van der Waals surface area contributed by atoms with E-state index in [-0.39, 0.29) is 26.3 Å². The summed E-state index contributed by atoms with van der Waals surface area (Å²) in [6.45, 7) is -0.558. The molecule has 0 atom stereocenters. The number of hydrogen-bond donors (Lipinski definition) is 6. The molecule has 0 aromatic carbocycles. The fourth-order valence-corrected chi connectivity index (χ4v) is 1.97. The molecule has 0 aliphatic carbocycles. The van der Waals surface area contributed by atoms with Crippen LogP contribution >= 0.6 is 15.2 Å². The van der Waals surface area contributed by atoms with Crippen molar-refractivity contribution in [3.8, 4) is 0 Å². The number of amides is 2. The SMILES string of the molecule is O=C(CCP(=O)(O)O)NCOCNC(=O)CCP(=O)(O)O. The maximum absolute atomic E-state index is 11.1. The fraction of sp³-hybridized carbons (Fsp3) is 0.750. The highest BCUT2D eigenvalue weighted by Crippen LogP contribution is 2.35. The Morgan fingerprint density at radius 2 is 1.14 bits per heavy atom. The summed E-state index contributed by atoms with van der Waals surface area (Å²) in [6, 6.07) is 0. The summed E-state index contributed by atoms with van der Waals surface area (Å²) in [6.07, 6.45) is -1.86. The lowest BCUT2D eigenvalue weighted by Crippen LogP contribution is -2.32. The monoisotopic (exact) mass is 348 g/mol. The van der Waals surface area contributed by atoms with Crippen LogP contribution in [0.25, 0.3) is 0 Å². The zero-order valence-electron chi connectivity index (χ0n) is 11.0. The molecule has 0 fully saturated rings. The van der Waals surface area contributed by atoms with E-state index in [0.717, 1.165) is 0 Å². The molecule has 0 rings (SSSR count). The highest BCUT2D eigenvalue weighted by molar-refractivity contribution is 7.52. The predicted octanol–water partition coefficient (Wildman–Crippen LogP) is -1.71. The van der Waals surface area contributed by atoms with Crippen molar-refractivity contribution >= 4 is 27.0 Å². The van der Waals surface area contributed by atoms with Gasteiger partial charge in [0.2, 0.25) is 11.8 Å². The second-order valence-corrected chi connectivity index (χ2v) is 7.52. The van der Waals surface area contributed by atoms with E-state index in [4.69, 9.17) is 24.3 Å². The van der Waals surface area contributed by atoms with Gasteiger partial charge in [-0.15, -0.1) is 0 Å². The molecule has 13 heteroatoms. The van der Waals surface area contributed by atoms with Crippen molar-refractivity contribution in [2.45, 2.75) is 12.8 Å². The topological polar surface area (TPSA) is 182 Å². The van der Waals surface area contributed by atoms with Crippen molar-refractivity contribution in [2.24, 2.45) is 0 Å². The molecule has 0 spiro atoms. The third-order valence-electron chi connectivity index (χ3n) is 2.00. The maximum atomic E-state index is 11.1. The van der Waals surface area contributed by atoms with E-state index in [1.54, 1.807) is 0 Å². The summed E-state index contributed by atoms with van der Waals surface area (Å²) in [5.74, 6) is -1.24. The Bertz CT molecular complexity index is 403. The molecule has 0 aromatic rings. The second kappa shape index (κ2) is 9.26. The van der Waals surface area contributed by atoms with E-state index in [1.165, 1.54) is 0 Å². The zero-order valence-corrected chi connectivity index (χ0v) is 12.8. The standard InChI is InChI=1S/C8H18N2O9P2/c11-7(1-3-20(13,14)15)9-5-19-6-10-8(12)2-4-21(16,17)18/h1-6H2,(H,9,11)(H,10,12)(H2,13,14,15)(H2,16,17,18). The summed E-state index contributed by atoms with van der Waals surface area (Å²) in [5, 5.41) is 4.41. The van der Waals surface area contributed by atoms with Crippen LogP contribution < -0.4 is 10.6 Å². The van der Waals surface area contributed by atoms with Crippen molar-refractivity contribution in [1.82, 2.24) is 10.6 Å². The Hall–Kier alpha value is -0.800. The van der Waals surface area contributed by atoms with Crippen molar-refractivity contribution in [1.29, 1.82) is 0 Å². The summed E-state index contributed by atoms with van der Waals surface area (Å²) in [7, 11) is -8.44. The molecule has 11 nitrogen and oxygen atoms in total. The van der Waals surface area contributed by atoms with E-state index >= 15 is 0 Å². The predicted molar refractivity (Wildman–Crippen MR) is 70.2 cm³/mol. The molecule has 0 radical (unpaired) electrons. The molecule has 6 N–H and O–H groups in total. The highest BCUT2D eigenvalue weighted by atomic mass is 31.2. The number of carbonyl (C=O) groups excluding carboxylic acids is 2. The van der Waals surface area contributed by atoms with Gasteiger partial charge in [0, 0.05) is 12.8 Å². The average molecular weight is 348 g/mol. The Balaban J connectivity index is 3.59. The number of rotatable bonds is 10. The van der Waals surface area contributed by atoms with Crippen molar-refractivity contribution in [2.75, 3.05) is 25.8 Å². The molecule has 0 saturated carbocycles. The van der Waals surface area contributed by atoms with Crippen LogP contribution in [0, 0.1) is 0 Å². The Kier molecular flexibility index (Phi) is 8.91. The van der Waals surface area contributed by atoms with Gasteiger partial charge in [-0.1, -0.05) is 0 Å². The third-order valence-corrected chi connectivity index (χ3v) is 3.62. The van der Waals surface area contributed by atoms with E-state index < -0.39 is 39.3 Å². The summed E-state index contributed by atoms with van der Waals surface area (Å²) >= 11 is 0. The van der Waals surface area contributed by atoms with Crippen LogP contribution in [-0.2, 0) is 23.5 Å². The second-order valence-electron chi connectivity index (χ2n) is 3.97. The molecule has 0 aliphatic heterocycles. The van der Waals surface area contributed by atoms with Crippen LogP contribution in [0.15, 0.2) is 0 Å². The molecule has 0 bridgehead atoms. The van der Waals surface area contributed by atoms with Gasteiger partial charge in [0.05, 0.1) is 12.3 Å². The molecular weight excluding hydrogens is 330 g/mol.